The van der Waals surface area contributed by atoms with Crippen molar-refractivity contribution in [3.8, 4) is 0 Å². The summed E-state index contributed by atoms with van der Waals surface area (Å²) in [7, 11) is 0. The van der Waals surface area contributed by atoms with Gasteiger partial charge in [0.2, 0.25) is 0 Å². The molecule has 0 fully saturated rings. The lowest BCUT2D eigenvalue weighted by Gasteiger charge is -2.12. The zero-order chi connectivity index (χ0) is 13.1. The third-order valence-electron chi connectivity index (χ3n) is 2.70. The number of rotatable bonds is 3. The maximum Gasteiger partial charge on any atom is 0.339 e. The van der Waals surface area contributed by atoms with Crippen LogP contribution < -0.4 is 5.32 Å². The van der Waals surface area contributed by atoms with Crippen LogP contribution in [0.3, 0.4) is 0 Å². The number of aromatic nitrogens is 1. The molecule has 0 saturated heterocycles. The third kappa shape index (κ3) is 2.48. The molecule has 0 amide bonds. The van der Waals surface area contributed by atoms with Crippen LogP contribution in [0.1, 0.15) is 21.5 Å². The highest BCUT2D eigenvalue weighted by molar-refractivity contribution is 5.94. The van der Waals surface area contributed by atoms with Crippen molar-refractivity contribution in [2.45, 2.75) is 13.8 Å². The molecule has 2 aromatic rings. The molecule has 0 aliphatic carbocycles. The number of pyridine rings is 1. The number of anilines is 2. The summed E-state index contributed by atoms with van der Waals surface area (Å²) in [5, 5.41) is 12.2. The maximum absolute atomic E-state index is 11.1. The predicted octanol–water partition coefficient (Wildman–Crippen LogP) is 3.14. The zero-order valence-electron chi connectivity index (χ0n) is 10.3. The Balaban J connectivity index is 2.37. The molecule has 2 rings (SSSR count). The maximum atomic E-state index is 11.1. The van der Waals surface area contributed by atoms with Crippen LogP contribution in [0.2, 0.25) is 0 Å². The molecule has 0 atom stereocenters. The fourth-order valence-corrected chi connectivity index (χ4v) is 1.77. The highest BCUT2D eigenvalue weighted by atomic mass is 16.4. The molecule has 0 aliphatic heterocycles. The monoisotopic (exact) mass is 242 g/mol. The number of aryl methyl sites for hydroxylation is 2. The van der Waals surface area contributed by atoms with E-state index in [0.717, 1.165) is 11.3 Å². The summed E-state index contributed by atoms with van der Waals surface area (Å²) in [6, 6.07) is 7.63. The van der Waals surface area contributed by atoms with Gasteiger partial charge in [-0.25, -0.2) is 4.79 Å². The van der Waals surface area contributed by atoms with E-state index < -0.39 is 5.97 Å². The molecule has 0 spiro atoms. The van der Waals surface area contributed by atoms with Gasteiger partial charge < -0.3 is 10.4 Å². The minimum absolute atomic E-state index is 0.164. The van der Waals surface area contributed by atoms with E-state index in [2.05, 4.69) is 10.3 Å². The Labute approximate surface area is 105 Å². The van der Waals surface area contributed by atoms with Gasteiger partial charge in [0.25, 0.3) is 0 Å². The average molecular weight is 242 g/mol. The van der Waals surface area contributed by atoms with Gasteiger partial charge in [-0.1, -0.05) is 17.7 Å². The molecule has 92 valence electrons. The Morgan fingerprint density at radius 2 is 2.00 bits per heavy atom. The van der Waals surface area contributed by atoms with Gasteiger partial charge in [-0.3, -0.25) is 4.98 Å². The molecule has 4 nitrogen and oxygen atoms in total. The molecule has 0 aliphatic rings. The SMILES string of the molecule is Cc1ccc(Nc2ccncc2C(=O)O)c(C)c1. The fraction of sp³-hybridized carbons (Fsp3) is 0.143. The normalized spacial score (nSPS) is 10.1. The Morgan fingerprint density at radius 1 is 1.22 bits per heavy atom. The molecule has 4 heteroatoms. The number of aromatic carboxylic acids is 1. The van der Waals surface area contributed by atoms with Crippen LogP contribution in [0.25, 0.3) is 0 Å². The summed E-state index contributed by atoms with van der Waals surface area (Å²) in [6.07, 6.45) is 2.91. The molecule has 1 aromatic heterocycles. The van der Waals surface area contributed by atoms with Crippen molar-refractivity contribution in [3.05, 3.63) is 53.3 Å². The van der Waals surface area contributed by atoms with E-state index in [9.17, 15) is 4.79 Å². The molecular formula is C14H14N2O2. The van der Waals surface area contributed by atoms with Crippen molar-refractivity contribution in [1.82, 2.24) is 4.98 Å². The van der Waals surface area contributed by atoms with Crippen molar-refractivity contribution in [1.29, 1.82) is 0 Å². The van der Waals surface area contributed by atoms with Gasteiger partial charge in [-0.05, 0) is 31.5 Å². The second-order valence-corrected chi connectivity index (χ2v) is 4.17. The van der Waals surface area contributed by atoms with Crippen LogP contribution in [0.4, 0.5) is 11.4 Å². The lowest BCUT2D eigenvalue weighted by atomic mass is 10.1. The minimum atomic E-state index is -0.990. The van der Waals surface area contributed by atoms with Crippen LogP contribution in [0, 0.1) is 13.8 Å². The second-order valence-electron chi connectivity index (χ2n) is 4.17. The number of nitrogens with one attached hydrogen (secondary N) is 1. The van der Waals surface area contributed by atoms with E-state index in [4.69, 9.17) is 5.11 Å². The number of hydrogen-bond donors (Lipinski definition) is 2. The van der Waals surface area contributed by atoms with Crippen LogP contribution in [0.15, 0.2) is 36.7 Å². The topological polar surface area (TPSA) is 62.2 Å². The molecule has 1 aromatic carbocycles. The van der Waals surface area contributed by atoms with Gasteiger partial charge in [0, 0.05) is 18.1 Å². The van der Waals surface area contributed by atoms with Gasteiger partial charge in [0.15, 0.2) is 0 Å². The molecule has 0 radical (unpaired) electrons. The molecule has 2 N–H and O–H groups in total. The van der Waals surface area contributed by atoms with Crippen molar-refractivity contribution in [2.75, 3.05) is 5.32 Å². The number of carbonyl (C=O) groups is 1. The Hall–Kier alpha value is -2.36. The van der Waals surface area contributed by atoms with Crippen molar-refractivity contribution < 1.29 is 9.90 Å². The molecule has 0 bridgehead atoms. The summed E-state index contributed by atoms with van der Waals surface area (Å²) >= 11 is 0. The highest BCUT2D eigenvalue weighted by Crippen LogP contribution is 2.23. The highest BCUT2D eigenvalue weighted by Gasteiger charge is 2.10. The van der Waals surface area contributed by atoms with Gasteiger partial charge >= 0.3 is 5.97 Å². The van der Waals surface area contributed by atoms with E-state index >= 15 is 0 Å². The van der Waals surface area contributed by atoms with Crippen molar-refractivity contribution in [3.63, 3.8) is 0 Å². The minimum Gasteiger partial charge on any atom is -0.478 e. The number of carboxylic acid groups (broad SMARTS) is 1. The Morgan fingerprint density at radius 3 is 2.67 bits per heavy atom. The summed E-state index contributed by atoms with van der Waals surface area (Å²) < 4.78 is 0. The molecule has 18 heavy (non-hydrogen) atoms. The quantitative estimate of drug-likeness (QED) is 0.868. The smallest absolute Gasteiger partial charge is 0.339 e. The van der Waals surface area contributed by atoms with E-state index in [-0.39, 0.29) is 5.56 Å². The number of carboxylic acids is 1. The van der Waals surface area contributed by atoms with Crippen LogP contribution >= 0.6 is 0 Å². The van der Waals surface area contributed by atoms with Crippen LogP contribution in [-0.2, 0) is 0 Å². The Bertz CT molecular complexity index is 594. The number of nitrogens with zero attached hydrogens (tertiary/aromatic N) is 1. The third-order valence-corrected chi connectivity index (χ3v) is 2.70. The molecule has 0 unspecified atom stereocenters. The second kappa shape index (κ2) is 4.87. The average Bonchev–Trinajstić information content (AvgIpc) is 2.33. The first-order valence-corrected chi connectivity index (χ1v) is 5.59. The Kier molecular flexibility index (Phi) is 3.28. The van der Waals surface area contributed by atoms with E-state index in [1.807, 2.05) is 32.0 Å². The first-order valence-electron chi connectivity index (χ1n) is 5.59. The first kappa shape index (κ1) is 12.1. The van der Waals surface area contributed by atoms with Gasteiger partial charge in [-0.2, -0.15) is 0 Å². The summed E-state index contributed by atoms with van der Waals surface area (Å²) in [4.78, 5) is 14.9. The summed E-state index contributed by atoms with van der Waals surface area (Å²) in [5.41, 5.74) is 3.85. The van der Waals surface area contributed by atoms with Crippen LogP contribution in [0.5, 0.6) is 0 Å². The lowest BCUT2D eigenvalue weighted by molar-refractivity contribution is 0.0697. The van der Waals surface area contributed by atoms with Crippen LogP contribution in [-0.4, -0.2) is 16.1 Å². The zero-order valence-corrected chi connectivity index (χ0v) is 10.3. The summed E-state index contributed by atoms with van der Waals surface area (Å²) in [6.45, 7) is 4.00. The molecule has 0 saturated carbocycles. The lowest BCUT2D eigenvalue weighted by Crippen LogP contribution is -2.04. The molecular weight excluding hydrogens is 228 g/mol. The first-order chi connectivity index (χ1) is 8.58. The van der Waals surface area contributed by atoms with E-state index in [1.54, 1.807) is 12.3 Å². The van der Waals surface area contributed by atoms with E-state index in [0.29, 0.717) is 5.69 Å². The standard InChI is InChI=1S/C14H14N2O2/c1-9-3-4-12(10(2)7-9)16-13-5-6-15-8-11(13)14(17)18/h3-8H,1-2H3,(H,15,16)(H,17,18). The number of benzene rings is 1. The van der Waals surface area contributed by atoms with Gasteiger partial charge in [0.1, 0.15) is 5.56 Å². The van der Waals surface area contributed by atoms with E-state index in [1.165, 1.54) is 11.8 Å². The van der Waals surface area contributed by atoms with Gasteiger partial charge in [-0.15, -0.1) is 0 Å². The number of hydrogen-bond acceptors (Lipinski definition) is 3. The fourth-order valence-electron chi connectivity index (χ4n) is 1.77. The molecule has 1 heterocycles. The van der Waals surface area contributed by atoms with Crippen molar-refractivity contribution in [2.24, 2.45) is 0 Å². The predicted molar refractivity (Wildman–Crippen MR) is 70.4 cm³/mol. The largest absolute Gasteiger partial charge is 0.478 e. The summed E-state index contributed by atoms with van der Waals surface area (Å²) in [5.74, 6) is -0.990. The van der Waals surface area contributed by atoms with Crippen molar-refractivity contribution >= 4 is 17.3 Å². The van der Waals surface area contributed by atoms with Gasteiger partial charge in [0.05, 0.1) is 5.69 Å².